The van der Waals surface area contributed by atoms with E-state index in [1.165, 1.54) is 0 Å². The number of amides is 1. The molecule has 0 saturated carbocycles. The zero-order valence-electron chi connectivity index (χ0n) is 6.97. The topological polar surface area (TPSA) is 58.9 Å². The number of nitrogens with one attached hydrogen (secondary N) is 1. The van der Waals surface area contributed by atoms with Gasteiger partial charge in [0.1, 0.15) is 5.69 Å². The maximum atomic E-state index is 10.9. The number of hydrogen-bond acceptors (Lipinski definition) is 1. The lowest BCUT2D eigenvalue weighted by atomic mass is 10.2. The number of rotatable bonds is 1. The number of aromatic amines is 1. The zero-order chi connectivity index (χ0) is 10.3. The minimum atomic E-state index is -0.520. The minimum Gasteiger partial charge on any atom is -0.364 e. The van der Waals surface area contributed by atoms with Crippen molar-refractivity contribution in [1.82, 2.24) is 4.98 Å². The van der Waals surface area contributed by atoms with Gasteiger partial charge in [-0.3, -0.25) is 4.79 Å². The summed E-state index contributed by atoms with van der Waals surface area (Å²) in [4.78, 5) is 13.7. The lowest BCUT2D eigenvalue weighted by molar-refractivity contribution is 0.0996. The third kappa shape index (κ3) is 1.45. The third-order valence-corrected chi connectivity index (χ3v) is 2.43. The highest BCUT2D eigenvalue weighted by atomic mass is 35.5. The summed E-state index contributed by atoms with van der Waals surface area (Å²) in [6.45, 7) is 0. The molecule has 0 atom stereocenters. The predicted molar refractivity (Wildman–Crippen MR) is 56.8 cm³/mol. The summed E-state index contributed by atoms with van der Waals surface area (Å²) in [7, 11) is 0. The van der Waals surface area contributed by atoms with Crippen molar-refractivity contribution in [3.05, 3.63) is 33.9 Å². The Bertz CT molecular complexity index is 519. The van der Waals surface area contributed by atoms with Crippen LogP contribution in [0.1, 0.15) is 10.5 Å². The van der Waals surface area contributed by atoms with Crippen LogP contribution in [0.4, 0.5) is 0 Å². The molecule has 1 aromatic carbocycles. The second kappa shape index (κ2) is 3.19. The number of benzene rings is 1. The highest BCUT2D eigenvalue weighted by molar-refractivity contribution is 6.38. The number of primary amides is 1. The summed E-state index contributed by atoms with van der Waals surface area (Å²) in [5.41, 5.74) is 6.11. The van der Waals surface area contributed by atoms with Crippen molar-refractivity contribution in [3.8, 4) is 0 Å². The largest absolute Gasteiger partial charge is 0.364 e. The maximum absolute atomic E-state index is 10.9. The molecule has 72 valence electrons. The molecule has 14 heavy (non-hydrogen) atoms. The predicted octanol–water partition coefficient (Wildman–Crippen LogP) is 2.57. The van der Waals surface area contributed by atoms with Gasteiger partial charge in [-0.25, -0.2) is 0 Å². The molecule has 1 amide bonds. The van der Waals surface area contributed by atoms with Gasteiger partial charge in [0.05, 0.1) is 10.5 Å². The van der Waals surface area contributed by atoms with Gasteiger partial charge in [0.15, 0.2) is 0 Å². The van der Waals surface area contributed by atoms with Crippen molar-refractivity contribution in [1.29, 1.82) is 0 Å². The van der Waals surface area contributed by atoms with E-state index in [2.05, 4.69) is 4.98 Å². The van der Waals surface area contributed by atoms with Crippen molar-refractivity contribution in [2.24, 2.45) is 5.73 Å². The Morgan fingerprint density at radius 3 is 2.64 bits per heavy atom. The summed E-state index contributed by atoms with van der Waals surface area (Å²) >= 11 is 11.7. The van der Waals surface area contributed by atoms with Crippen LogP contribution in [0.5, 0.6) is 0 Å². The number of nitrogens with two attached hydrogens (primary N) is 1. The standard InChI is InChI=1S/C9H6Cl2N2O/c10-5-1-4-2-7(9(12)14)13-8(4)6(11)3-5/h1-3,13H,(H2,12,14). The fourth-order valence-corrected chi connectivity index (χ4v) is 1.85. The van der Waals surface area contributed by atoms with E-state index >= 15 is 0 Å². The molecule has 0 unspecified atom stereocenters. The molecule has 0 spiro atoms. The number of halogens is 2. The minimum absolute atomic E-state index is 0.323. The maximum Gasteiger partial charge on any atom is 0.265 e. The van der Waals surface area contributed by atoms with Crippen LogP contribution in [0.3, 0.4) is 0 Å². The van der Waals surface area contributed by atoms with Gasteiger partial charge in [0, 0.05) is 10.4 Å². The summed E-state index contributed by atoms with van der Waals surface area (Å²) in [6, 6.07) is 4.94. The van der Waals surface area contributed by atoms with Crippen LogP contribution in [-0.2, 0) is 0 Å². The summed E-state index contributed by atoms with van der Waals surface area (Å²) in [6.07, 6.45) is 0. The van der Waals surface area contributed by atoms with E-state index in [4.69, 9.17) is 28.9 Å². The first-order chi connectivity index (χ1) is 6.58. The number of aromatic nitrogens is 1. The van der Waals surface area contributed by atoms with E-state index in [1.807, 2.05) is 0 Å². The summed E-state index contributed by atoms with van der Waals surface area (Å²) in [5.74, 6) is -0.520. The van der Waals surface area contributed by atoms with Crippen LogP contribution < -0.4 is 5.73 Å². The molecule has 0 saturated heterocycles. The Kier molecular flexibility index (Phi) is 2.13. The first-order valence-corrected chi connectivity index (χ1v) is 4.61. The van der Waals surface area contributed by atoms with Gasteiger partial charge in [-0.1, -0.05) is 23.2 Å². The van der Waals surface area contributed by atoms with Gasteiger partial charge in [0.25, 0.3) is 5.91 Å². The number of fused-ring (bicyclic) bond motifs is 1. The smallest absolute Gasteiger partial charge is 0.265 e. The van der Waals surface area contributed by atoms with Gasteiger partial charge in [-0.15, -0.1) is 0 Å². The first kappa shape index (κ1) is 9.37. The number of carbonyl (C=O) groups excluding carboxylic acids is 1. The van der Waals surface area contributed by atoms with Crippen molar-refractivity contribution in [2.75, 3.05) is 0 Å². The molecular weight excluding hydrogens is 223 g/mol. The average molecular weight is 229 g/mol. The third-order valence-electron chi connectivity index (χ3n) is 1.91. The fourth-order valence-electron chi connectivity index (χ4n) is 1.30. The van der Waals surface area contributed by atoms with E-state index in [0.717, 1.165) is 5.39 Å². The number of H-pyrrole nitrogens is 1. The lowest BCUT2D eigenvalue weighted by Crippen LogP contribution is -2.10. The zero-order valence-corrected chi connectivity index (χ0v) is 8.49. The molecule has 0 aliphatic heterocycles. The molecule has 1 aromatic heterocycles. The highest BCUT2D eigenvalue weighted by Gasteiger charge is 2.08. The van der Waals surface area contributed by atoms with Crippen molar-refractivity contribution < 1.29 is 4.79 Å². The van der Waals surface area contributed by atoms with Crippen LogP contribution in [0.15, 0.2) is 18.2 Å². The molecule has 2 rings (SSSR count). The molecule has 2 aromatic rings. The van der Waals surface area contributed by atoms with Crippen LogP contribution in [0.2, 0.25) is 10.0 Å². The molecule has 0 fully saturated rings. The van der Waals surface area contributed by atoms with Crippen LogP contribution in [0, 0.1) is 0 Å². The summed E-state index contributed by atoms with van der Waals surface area (Å²) in [5, 5.41) is 1.77. The first-order valence-electron chi connectivity index (χ1n) is 3.85. The Morgan fingerprint density at radius 1 is 1.29 bits per heavy atom. The van der Waals surface area contributed by atoms with Gasteiger partial charge >= 0.3 is 0 Å². The van der Waals surface area contributed by atoms with Gasteiger partial charge < -0.3 is 10.7 Å². The van der Waals surface area contributed by atoms with Crippen LogP contribution in [-0.4, -0.2) is 10.9 Å². The quantitative estimate of drug-likeness (QED) is 0.775. The average Bonchev–Trinajstić information content (AvgIpc) is 2.47. The monoisotopic (exact) mass is 228 g/mol. The van der Waals surface area contributed by atoms with E-state index in [1.54, 1.807) is 18.2 Å². The molecule has 3 nitrogen and oxygen atoms in total. The fraction of sp³-hybridized carbons (Fsp3) is 0. The van der Waals surface area contributed by atoms with Crippen molar-refractivity contribution >= 4 is 40.0 Å². The second-order valence-corrected chi connectivity index (χ2v) is 3.74. The molecular formula is C9H6Cl2N2O. The lowest BCUT2D eigenvalue weighted by Gasteiger charge is -1.94. The molecule has 0 bridgehead atoms. The Hall–Kier alpha value is -1.19. The van der Waals surface area contributed by atoms with E-state index < -0.39 is 5.91 Å². The number of carbonyl (C=O) groups is 1. The van der Waals surface area contributed by atoms with Gasteiger partial charge in [0.2, 0.25) is 0 Å². The molecule has 5 heteroatoms. The molecule has 0 radical (unpaired) electrons. The van der Waals surface area contributed by atoms with Crippen molar-refractivity contribution in [3.63, 3.8) is 0 Å². The van der Waals surface area contributed by atoms with Crippen molar-refractivity contribution in [2.45, 2.75) is 0 Å². The Labute approximate surface area is 89.8 Å². The van der Waals surface area contributed by atoms with Crippen LogP contribution in [0.25, 0.3) is 10.9 Å². The second-order valence-electron chi connectivity index (χ2n) is 2.90. The Balaban J connectivity index is 2.76. The Morgan fingerprint density at radius 2 is 2.00 bits per heavy atom. The van der Waals surface area contributed by atoms with Gasteiger partial charge in [-0.2, -0.15) is 0 Å². The molecule has 1 heterocycles. The van der Waals surface area contributed by atoms with E-state index in [0.29, 0.717) is 21.3 Å². The van der Waals surface area contributed by atoms with Gasteiger partial charge in [-0.05, 0) is 18.2 Å². The van der Waals surface area contributed by atoms with Crippen LogP contribution >= 0.6 is 23.2 Å². The SMILES string of the molecule is NC(=O)c1cc2cc(Cl)cc(Cl)c2[nH]1. The van der Waals surface area contributed by atoms with E-state index in [-0.39, 0.29) is 0 Å². The molecule has 0 aliphatic rings. The normalized spacial score (nSPS) is 10.7. The summed E-state index contributed by atoms with van der Waals surface area (Å²) < 4.78 is 0. The van der Waals surface area contributed by atoms with E-state index in [9.17, 15) is 4.79 Å². The molecule has 0 aliphatic carbocycles. The molecule has 3 N–H and O–H groups in total. The highest BCUT2D eigenvalue weighted by Crippen LogP contribution is 2.27. The number of hydrogen-bond donors (Lipinski definition) is 2.